The summed E-state index contributed by atoms with van der Waals surface area (Å²) in [6.07, 6.45) is 3.13. The van der Waals surface area contributed by atoms with Crippen LogP contribution in [0.25, 0.3) is 0 Å². The van der Waals surface area contributed by atoms with E-state index in [0.29, 0.717) is 12.8 Å². The van der Waals surface area contributed by atoms with Gasteiger partial charge in [-0.3, -0.25) is 9.59 Å². The standard InChI is InChI=1S/C14H19NO3S/c1-10(11-5-4-8-19-11)15-12(16)9-14(13(17)18)6-2-3-7-14/h4-5,8,10H,2-3,6-7,9H2,1H3,(H,15,16)(H,17,18). The molecule has 1 heterocycles. The molecule has 0 aromatic carbocycles. The van der Waals surface area contributed by atoms with Gasteiger partial charge in [-0.25, -0.2) is 0 Å². The summed E-state index contributed by atoms with van der Waals surface area (Å²) >= 11 is 1.59. The van der Waals surface area contributed by atoms with Crippen LogP contribution in [0.3, 0.4) is 0 Å². The molecule has 0 saturated heterocycles. The molecular formula is C14H19NO3S. The minimum absolute atomic E-state index is 0.0558. The predicted octanol–water partition coefficient (Wildman–Crippen LogP) is 2.96. The van der Waals surface area contributed by atoms with E-state index in [1.54, 1.807) is 11.3 Å². The van der Waals surface area contributed by atoms with Crippen LogP contribution in [0.15, 0.2) is 17.5 Å². The normalized spacial score (nSPS) is 19.0. The van der Waals surface area contributed by atoms with Crippen molar-refractivity contribution in [3.8, 4) is 0 Å². The van der Waals surface area contributed by atoms with Gasteiger partial charge in [0.25, 0.3) is 0 Å². The molecule has 1 unspecified atom stereocenters. The SMILES string of the molecule is CC(NC(=O)CC1(C(=O)O)CCCC1)c1cccs1. The van der Waals surface area contributed by atoms with Gasteiger partial charge in [0.05, 0.1) is 11.5 Å². The summed E-state index contributed by atoms with van der Waals surface area (Å²) in [6.45, 7) is 1.92. The monoisotopic (exact) mass is 281 g/mol. The summed E-state index contributed by atoms with van der Waals surface area (Å²) in [4.78, 5) is 24.5. The van der Waals surface area contributed by atoms with Gasteiger partial charge in [-0.1, -0.05) is 18.9 Å². The van der Waals surface area contributed by atoms with Crippen LogP contribution in [-0.4, -0.2) is 17.0 Å². The summed E-state index contributed by atoms with van der Waals surface area (Å²) in [7, 11) is 0. The number of thiophene rings is 1. The molecule has 0 bridgehead atoms. The smallest absolute Gasteiger partial charge is 0.310 e. The Balaban J connectivity index is 1.95. The van der Waals surface area contributed by atoms with E-state index in [-0.39, 0.29) is 18.4 Å². The molecule has 104 valence electrons. The van der Waals surface area contributed by atoms with Crippen LogP contribution in [0.4, 0.5) is 0 Å². The van der Waals surface area contributed by atoms with Crippen LogP contribution in [-0.2, 0) is 9.59 Å². The third kappa shape index (κ3) is 3.15. The molecule has 19 heavy (non-hydrogen) atoms. The third-order valence-electron chi connectivity index (χ3n) is 3.86. The lowest BCUT2D eigenvalue weighted by Crippen LogP contribution is -2.36. The van der Waals surface area contributed by atoms with Gasteiger partial charge in [-0.2, -0.15) is 0 Å². The van der Waals surface area contributed by atoms with Crippen LogP contribution >= 0.6 is 11.3 Å². The van der Waals surface area contributed by atoms with Crippen molar-refractivity contribution in [3.05, 3.63) is 22.4 Å². The second-order valence-corrected chi connectivity index (χ2v) is 6.25. The first-order chi connectivity index (χ1) is 9.03. The van der Waals surface area contributed by atoms with Gasteiger partial charge in [-0.05, 0) is 31.2 Å². The molecule has 1 amide bonds. The van der Waals surface area contributed by atoms with E-state index in [1.165, 1.54) is 0 Å². The molecule has 0 aliphatic heterocycles. The van der Waals surface area contributed by atoms with Gasteiger partial charge >= 0.3 is 5.97 Å². The highest BCUT2D eigenvalue weighted by Gasteiger charge is 2.43. The summed E-state index contributed by atoms with van der Waals surface area (Å²) in [5.41, 5.74) is -0.834. The largest absolute Gasteiger partial charge is 0.481 e. The summed E-state index contributed by atoms with van der Waals surface area (Å²) in [6, 6.07) is 3.86. The number of aliphatic carboxylic acids is 1. The molecular weight excluding hydrogens is 262 g/mol. The van der Waals surface area contributed by atoms with Crippen LogP contribution in [0.2, 0.25) is 0 Å². The van der Waals surface area contributed by atoms with Gasteiger partial charge in [0.2, 0.25) is 5.91 Å². The Morgan fingerprint density at radius 2 is 2.16 bits per heavy atom. The summed E-state index contributed by atoms with van der Waals surface area (Å²) < 4.78 is 0. The molecule has 1 aromatic rings. The minimum atomic E-state index is -0.834. The topological polar surface area (TPSA) is 66.4 Å². The fourth-order valence-corrected chi connectivity index (χ4v) is 3.46. The molecule has 2 N–H and O–H groups in total. The van der Waals surface area contributed by atoms with E-state index in [1.807, 2.05) is 24.4 Å². The van der Waals surface area contributed by atoms with E-state index in [4.69, 9.17) is 0 Å². The Morgan fingerprint density at radius 3 is 2.68 bits per heavy atom. The maximum Gasteiger partial charge on any atom is 0.310 e. The first-order valence-corrected chi connectivity index (χ1v) is 7.48. The number of nitrogens with one attached hydrogen (secondary N) is 1. The predicted molar refractivity (Wildman–Crippen MR) is 74.0 cm³/mol. The van der Waals surface area contributed by atoms with E-state index >= 15 is 0 Å². The van der Waals surface area contributed by atoms with Crippen molar-refractivity contribution in [2.45, 2.75) is 45.1 Å². The zero-order valence-electron chi connectivity index (χ0n) is 11.0. The Morgan fingerprint density at radius 1 is 1.47 bits per heavy atom. The van der Waals surface area contributed by atoms with Gasteiger partial charge in [0, 0.05) is 11.3 Å². The lowest BCUT2D eigenvalue weighted by Gasteiger charge is -2.24. The molecule has 5 heteroatoms. The fraction of sp³-hybridized carbons (Fsp3) is 0.571. The number of carboxylic acids is 1. The Labute approximate surface area is 116 Å². The summed E-state index contributed by atoms with van der Waals surface area (Å²) in [5.74, 6) is -0.992. The second kappa shape index (κ2) is 5.74. The molecule has 1 saturated carbocycles. The van der Waals surface area contributed by atoms with Crippen molar-refractivity contribution in [2.24, 2.45) is 5.41 Å². The van der Waals surface area contributed by atoms with E-state index in [0.717, 1.165) is 17.7 Å². The second-order valence-electron chi connectivity index (χ2n) is 5.27. The quantitative estimate of drug-likeness (QED) is 0.872. The average Bonchev–Trinajstić information content (AvgIpc) is 2.99. The molecule has 1 atom stereocenters. The molecule has 2 rings (SSSR count). The van der Waals surface area contributed by atoms with Crippen molar-refractivity contribution in [3.63, 3.8) is 0 Å². The van der Waals surface area contributed by atoms with Gasteiger partial charge < -0.3 is 10.4 Å². The number of carboxylic acid groups (broad SMARTS) is 1. The van der Waals surface area contributed by atoms with Crippen LogP contribution < -0.4 is 5.32 Å². The van der Waals surface area contributed by atoms with Crippen molar-refractivity contribution < 1.29 is 14.7 Å². The van der Waals surface area contributed by atoms with Crippen LogP contribution in [0.5, 0.6) is 0 Å². The maximum absolute atomic E-state index is 12.0. The molecule has 1 fully saturated rings. The number of amides is 1. The van der Waals surface area contributed by atoms with E-state index < -0.39 is 11.4 Å². The van der Waals surface area contributed by atoms with Gasteiger partial charge in [0.15, 0.2) is 0 Å². The first-order valence-electron chi connectivity index (χ1n) is 6.60. The highest BCUT2D eigenvalue weighted by Crippen LogP contribution is 2.41. The van der Waals surface area contributed by atoms with Crippen LogP contribution in [0.1, 0.15) is 49.9 Å². The zero-order valence-corrected chi connectivity index (χ0v) is 11.8. The highest BCUT2D eigenvalue weighted by molar-refractivity contribution is 7.10. The van der Waals surface area contributed by atoms with Crippen LogP contribution in [0, 0.1) is 5.41 Å². The number of rotatable bonds is 5. The lowest BCUT2D eigenvalue weighted by molar-refractivity contribution is -0.151. The van der Waals surface area contributed by atoms with Crippen molar-refractivity contribution in [1.82, 2.24) is 5.32 Å². The fourth-order valence-electron chi connectivity index (χ4n) is 2.73. The molecule has 4 nitrogen and oxygen atoms in total. The first kappa shape index (κ1) is 14.1. The zero-order chi connectivity index (χ0) is 13.9. The molecule has 1 aliphatic carbocycles. The molecule has 0 spiro atoms. The van der Waals surface area contributed by atoms with Crippen molar-refractivity contribution >= 4 is 23.2 Å². The Kier molecular flexibility index (Phi) is 4.24. The molecule has 0 radical (unpaired) electrons. The third-order valence-corrected chi connectivity index (χ3v) is 4.92. The minimum Gasteiger partial charge on any atom is -0.481 e. The van der Waals surface area contributed by atoms with Gasteiger partial charge in [-0.15, -0.1) is 11.3 Å². The highest BCUT2D eigenvalue weighted by atomic mass is 32.1. The number of carbonyl (C=O) groups is 2. The van der Waals surface area contributed by atoms with E-state index in [9.17, 15) is 14.7 Å². The molecule has 1 aromatic heterocycles. The van der Waals surface area contributed by atoms with Crippen molar-refractivity contribution in [2.75, 3.05) is 0 Å². The van der Waals surface area contributed by atoms with E-state index in [2.05, 4.69) is 5.32 Å². The Hall–Kier alpha value is -1.36. The average molecular weight is 281 g/mol. The molecule has 1 aliphatic rings. The number of hydrogen-bond donors (Lipinski definition) is 2. The number of carbonyl (C=O) groups excluding carboxylic acids is 1. The van der Waals surface area contributed by atoms with Crippen molar-refractivity contribution in [1.29, 1.82) is 0 Å². The Bertz CT molecular complexity index is 449. The van der Waals surface area contributed by atoms with Gasteiger partial charge in [0.1, 0.15) is 0 Å². The summed E-state index contributed by atoms with van der Waals surface area (Å²) in [5, 5.41) is 14.2. The maximum atomic E-state index is 12.0. The lowest BCUT2D eigenvalue weighted by atomic mass is 9.82. The number of hydrogen-bond acceptors (Lipinski definition) is 3.